The van der Waals surface area contributed by atoms with Crippen LogP contribution in [0.4, 0.5) is 4.79 Å². The largest absolute Gasteiger partial charge is 0.480 e. The van der Waals surface area contributed by atoms with E-state index in [4.69, 9.17) is 9.84 Å². The summed E-state index contributed by atoms with van der Waals surface area (Å²) in [4.78, 5) is 39.8. The van der Waals surface area contributed by atoms with Crippen molar-refractivity contribution in [3.8, 4) is 11.1 Å². The quantitative estimate of drug-likeness (QED) is 0.653. The molecule has 2 N–H and O–H groups in total. The van der Waals surface area contributed by atoms with Crippen LogP contribution >= 0.6 is 0 Å². The molecule has 0 spiro atoms. The van der Waals surface area contributed by atoms with Gasteiger partial charge in [0, 0.05) is 38.6 Å². The molecule has 1 saturated heterocycles. The average Bonchev–Trinajstić information content (AvgIpc) is 2.97. The Balaban J connectivity index is 1.26. The van der Waals surface area contributed by atoms with E-state index in [2.05, 4.69) is 29.6 Å². The molecule has 8 heteroatoms. The van der Waals surface area contributed by atoms with E-state index in [1.807, 2.05) is 29.2 Å². The fraction of sp³-hybridized carbons (Fsp3) is 0.423. The van der Waals surface area contributed by atoms with Crippen LogP contribution in [0.25, 0.3) is 11.1 Å². The van der Waals surface area contributed by atoms with Crippen molar-refractivity contribution in [2.24, 2.45) is 5.92 Å². The normalized spacial score (nSPS) is 16.8. The minimum Gasteiger partial charge on any atom is -0.480 e. The number of fused-ring (bicyclic) bond motifs is 3. The summed E-state index contributed by atoms with van der Waals surface area (Å²) in [5.41, 5.74) is 4.65. The molecule has 1 atom stereocenters. The zero-order chi connectivity index (χ0) is 24.1. The van der Waals surface area contributed by atoms with E-state index in [1.165, 1.54) is 11.1 Å². The Morgan fingerprint density at radius 1 is 1.00 bits per heavy atom. The molecular formula is C26H31N3O5. The van der Waals surface area contributed by atoms with Crippen molar-refractivity contribution in [3.05, 3.63) is 59.7 Å². The Bertz CT molecular complexity index is 1010. The first-order chi connectivity index (χ1) is 16.4. The first-order valence-electron chi connectivity index (χ1n) is 11.8. The van der Waals surface area contributed by atoms with Gasteiger partial charge in [0.1, 0.15) is 6.61 Å². The third-order valence-corrected chi connectivity index (χ3v) is 6.58. The lowest BCUT2D eigenvalue weighted by molar-refractivity contribution is -0.138. The van der Waals surface area contributed by atoms with Crippen LogP contribution in [0.1, 0.15) is 30.4 Å². The summed E-state index contributed by atoms with van der Waals surface area (Å²) in [5, 5.41) is 11.7. The molecule has 2 aromatic carbocycles. The maximum absolute atomic E-state index is 12.8. The third kappa shape index (κ3) is 5.39. The molecule has 1 aliphatic carbocycles. The maximum atomic E-state index is 12.8. The van der Waals surface area contributed by atoms with Crippen molar-refractivity contribution in [2.75, 3.05) is 45.9 Å². The van der Waals surface area contributed by atoms with E-state index in [0.717, 1.165) is 17.5 Å². The lowest BCUT2D eigenvalue weighted by Gasteiger charge is -2.24. The van der Waals surface area contributed by atoms with Crippen molar-refractivity contribution in [1.29, 1.82) is 0 Å². The number of alkyl carbamates (subject to hydrolysis) is 1. The van der Waals surface area contributed by atoms with Gasteiger partial charge in [-0.3, -0.25) is 14.5 Å². The molecule has 2 aromatic rings. The van der Waals surface area contributed by atoms with E-state index >= 15 is 0 Å². The predicted octanol–water partition coefficient (Wildman–Crippen LogP) is 2.78. The van der Waals surface area contributed by atoms with Gasteiger partial charge in [-0.2, -0.15) is 0 Å². The number of carbonyl (C=O) groups is 3. The van der Waals surface area contributed by atoms with Crippen LogP contribution in [-0.4, -0.2) is 78.8 Å². The zero-order valence-corrected chi connectivity index (χ0v) is 19.4. The fourth-order valence-electron chi connectivity index (χ4n) is 4.83. The molecule has 0 radical (unpaired) electrons. The predicted molar refractivity (Wildman–Crippen MR) is 128 cm³/mol. The lowest BCUT2D eigenvalue weighted by Crippen LogP contribution is -2.42. The second kappa shape index (κ2) is 10.7. The molecule has 1 unspecified atom stereocenters. The van der Waals surface area contributed by atoms with Gasteiger partial charge in [-0.05, 0) is 28.7 Å². The van der Waals surface area contributed by atoms with Gasteiger partial charge in [0.25, 0.3) is 0 Å². The number of carbonyl (C=O) groups excluding carboxylic acids is 2. The second-order valence-corrected chi connectivity index (χ2v) is 8.96. The highest BCUT2D eigenvalue weighted by Gasteiger charge is 2.29. The molecule has 0 aromatic heterocycles. The van der Waals surface area contributed by atoms with Crippen molar-refractivity contribution >= 4 is 18.0 Å². The number of carboxylic acid groups (broad SMARTS) is 1. The summed E-state index contributed by atoms with van der Waals surface area (Å²) in [6, 6.07) is 16.3. The Labute approximate surface area is 199 Å². The summed E-state index contributed by atoms with van der Waals surface area (Å²) < 4.78 is 5.55. The average molecular weight is 466 g/mol. The Morgan fingerprint density at radius 2 is 1.65 bits per heavy atom. The van der Waals surface area contributed by atoms with Crippen molar-refractivity contribution in [1.82, 2.24) is 15.1 Å². The van der Waals surface area contributed by atoms with Crippen molar-refractivity contribution in [3.63, 3.8) is 0 Å². The highest BCUT2D eigenvalue weighted by atomic mass is 16.5. The molecule has 1 heterocycles. The van der Waals surface area contributed by atoms with Gasteiger partial charge in [0.15, 0.2) is 0 Å². The minimum absolute atomic E-state index is 0.0111. The van der Waals surface area contributed by atoms with Crippen LogP contribution in [0.5, 0.6) is 0 Å². The lowest BCUT2D eigenvalue weighted by atomic mass is 9.98. The van der Waals surface area contributed by atoms with Gasteiger partial charge in [0.2, 0.25) is 5.91 Å². The smallest absolute Gasteiger partial charge is 0.407 e. The highest BCUT2D eigenvalue weighted by molar-refractivity contribution is 5.80. The maximum Gasteiger partial charge on any atom is 0.407 e. The number of hydrogen-bond acceptors (Lipinski definition) is 5. The fourth-order valence-corrected chi connectivity index (χ4v) is 4.83. The van der Waals surface area contributed by atoms with Crippen LogP contribution < -0.4 is 5.32 Å². The Hall–Kier alpha value is -3.39. The van der Waals surface area contributed by atoms with Crippen LogP contribution in [-0.2, 0) is 14.3 Å². The number of amides is 2. The van der Waals surface area contributed by atoms with Gasteiger partial charge in [-0.15, -0.1) is 0 Å². The summed E-state index contributed by atoms with van der Waals surface area (Å²) >= 11 is 0. The van der Waals surface area contributed by atoms with E-state index < -0.39 is 18.0 Å². The monoisotopic (exact) mass is 465 g/mol. The van der Waals surface area contributed by atoms with E-state index in [-0.39, 0.29) is 31.5 Å². The van der Waals surface area contributed by atoms with Gasteiger partial charge in [-0.1, -0.05) is 55.5 Å². The standard InChI is InChI=1S/C26H31N3O5/c1-18(25(32)29-12-6-11-28(13-14-29)16-24(30)31)15-27-26(33)34-17-23-21-9-4-2-7-19(21)20-8-3-5-10-22(20)23/h2-5,7-10,18,23H,6,11-17H2,1H3,(H,27,33)(H,30,31). The summed E-state index contributed by atoms with van der Waals surface area (Å²) in [6.45, 7) is 4.45. The molecule has 1 fully saturated rings. The van der Waals surface area contributed by atoms with Crippen LogP contribution in [0.2, 0.25) is 0 Å². The van der Waals surface area contributed by atoms with Gasteiger partial charge in [-0.25, -0.2) is 4.79 Å². The Kier molecular flexibility index (Phi) is 7.47. The summed E-state index contributed by atoms with van der Waals surface area (Å²) in [5.74, 6) is -1.31. The van der Waals surface area contributed by atoms with Crippen LogP contribution in [0.3, 0.4) is 0 Å². The summed E-state index contributed by atoms with van der Waals surface area (Å²) in [7, 11) is 0. The molecular weight excluding hydrogens is 434 g/mol. The molecule has 8 nitrogen and oxygen atoms in total. The number of aliphatic carboxylic acids is 1. The molecule has 34 heavy (non-hydrogen) atoms. The van der Waals surface area contributed by atoms with Crippen LogP contribution in [0, 0.1) is 5.92 Å². The van der Waals surface area contributed by atoms with Crippen LogP contribution in [0.15, 0.2) is 48.5 Å². The number of carboxylic acids is 1. The number of rotatable bonds is 7. The summed E-state index contributed by atoms with van der Waals surface area (Å²) in [6.07, 6.45) is 0.191. The van der Waals surface area contributed by atoms with E-state index in [1.54, 1.807) is 11.8 Å². The number of ether oxygens (including phenoxy) is 1. The number of nitrogens with zero attached hydrogens (tertiary/aromatic N) is 2. The number of benzene rings is 2. The number of nitrogens with one attached hydrogen (secondary N) is 1. The molecule has 180 valence electrons. The van der Waals surface area contributed by atoms with Gasteiger partial charge in [0.05, 0.1) is 12.5 Å². The highest BCUT2D eigenvalue weighted by Crippen LogP contribution is 2.44. The SMILES string of the molecule is CC(CNC(=O)OCC1c2ccccc2-c2ccccc21)C(=O)N1CCCN(CC(=O)O)CC1. The molecule has 1 aliphatic heterocycles. The molecule has 2 amide bonds. The molecule has 4 rings (SSSR count). The van der Waals surface area contributed by atoms with Crippen molar-refractivity contribution in [2.45, 2.75) is 19.3 Å². The molecule has 2 aliphatic rings. The molecule has 0 saturated carbocycles. The minimum atomic E-state index is -0.861. The zero-order valence-electron chi connectivity index (χ0n) is 19.4. The first kappa shape index (κ1) is 23.8. The van der Waals surface area contributed by atoms with E-state index in [0.29, 0.717) is 26.2 Å². The van der Waals surface area contributed by atoms with Gasteiger partial charge < -0.3 is 20.1 Å². The first-order valence-corrected chi connectivity index (χ1v) is 11.8. The topological polar surface area (TPSA) is 99.2 Å². The Morgan fingerprint density at radius 3 is 2.29 bits per heavy atom. The number of hydrogen-bond donors (Lipinski definition) is 2. The van der Waals surface area contributed by atoms with E-state index in [9.17, 15) is 14.4 Å². The molecule has 0 bridgehead atoms. The van der Waals surface area contributed by atoms with Crippen molar-refractivity contribution < 1.29 is 24.2 Å². The van der Waals surface area contributed by atoms with Gasteiger partial charge >= 0.3 is 12.1 Å². The second-order valence-electron chi connectivity index (χ2n) is 8.96. The third-order valence-electron chi connectivity index (χ3n) is 6.58.